The number of esters is 2. The van der Waals surface area contributed by atoms with E-state index in [0.717, 1.165) is 6.08 Å². The highest BCUT2D eigenvalue weighted by atomic mass is 35.5. The van der Waals surface area contributed by atoms with Crippen LogP contribution in [0.15, 0.2) is 54.2 Å². The molecule has 0 amide bonds. The summed E-state index contributed by atoms with van der Waals surface area (Å²) in [6.45, 7) is 0. The zero-order valence-corrected chi connectivity index (χ0v) is 15.4. The highest BCUT2D eigenvalue weighted by molar-refractivity contribution is 6.34. The highest BCUT2D eigenvalue weighted by Crippen LogP contribution is 2.29. The smallest absolute Gasteiger partial charge is 0.354 e. The van der Waals surface area contributed by atoms with Crippen molar-refractivity contribution in [2.24, 2.45) is 0 Å². The van der Waals surface area contributed by atoms with Crippen LogP contribution in [0.2, 0.25) is 10.0 Å². The van der Waals surface area contributed by atoms with E-state index in [9.17, 15) is 9.59 Å². The van der Waals surface area contributed by atoms with Gasteiger partial charge in [0.15, 0.2) is 0 Å². The van der Waals surface area contributed by atoms with Crippen LogP contribution >= 0.6 is 23.2 Å². The van der Waals surface area contributed by atoms with Crippen LogP contribution in [0.3, 0.4) is 0 Å². The second-order valence-corrected chi connectivity index (χ2v) is 5.80. The third kappa shape index (κ3) is 5.68. The molecule has 0 bridgehead atoms. The summed E-state index contributed by atoms with van der Waals surface area (Å²) in [5.41, 5.74) is 0.483. The van der Waals surface area contributed by atoms with Crippen LogP contribution in [-0.4, -0.2) is 26.2 Å². The molecule has 2 aromatic carbocycles. The molecule has 1 N–H and O–H groups in total. The normalized spacial score (nSPS) is 10.8. The Morgan fingerprint density at radius 1 is 0.923 bits per heavy atom. The molecule has 0 radical (unpaired) electrons. The van der Waals surface area contributed by atoms with Crippen LogP contribution in [0.25, 0.3) is 0 Å². The van der Waals surface area contributed by atoms with E-state index < -0.39 is 11.9 Å². The predicted molar refractivity (Wildman–Crippen MR) is 98.7 cm³/mol. The predicted octanol–water partition coefficient (Wildman–Crippen LogP) is 4.43. The summed E-state index contributed by atoms with van der Waals surface area (Å²) in [7, 11) is 2.42. The van der Waals surface area contributed by atoms with Gasteiger partial charge in [0.1, 0.15) is 17.2 Å². The second kappa shape index (κ2) is 9.12. The molecule has 0 spiro atoms. The lowest BCUT2D eigenvalue weighted by atomic mass is 10.2. The van der Waals surface area contributed by atoms with Gasteiger partial charge in [0.2, 0.25) is 0 Å². The Hall–Kier alpha value is -2.70. The average molecular weight is 396 g/mol. The number of nitrogens with one attached hydrogen (secondary N) is 1. The number of anilines is 1. The second-order valence-electron chi connectivity index (χ2n) is 4.93. The minimum absolute atomic E-state index is 0.0605. The van der Waals surface area contributed by atoms with Gasteiger partial charge in [0.05, 0.1) is 20.3 Å². The zero-order chi connectivity index (χ0) is 19.1. The first kappa shape index (κ1) is 19.6. The maximum atomic E-state index is 11.7. The molecule has 2 rings (SSSR count). The van der Waals surface area contributed by atoms with Crippen molar-refractivity contribution in [2.75, 3.05) is 19.5 Å². The SMILES string of the molecule is COC(=O)/C=C(/Nc1ccc(Oc2cc(Cl)cc(Cl)c2)cc1)C(=O)OC. The summed E-state index contributed by atoms with van der Waals surface area (Å²) in [6, 6.07) is 11.5. The van der Waals surface area contributed by atoms with E-state index in [2.05, 4.69) is 14.8 Å². The number of carbonyl (C=O) groups excluding carboxylic acids is 2. The Bertz CT molecular complexity index is 814. The highest BCUT2D eigenvalue weighted by Gasteiger charge is 2.13. The monoisotopic (exact) mass is 395 g/mol. The minimum atomic E-state index is -0.704. The van der Waals surface area contributed by atoms with Crippen molar-refractivity contribution in [1.82, 2.24) is 0 Å². The van der Waals surface area contributed by atoms with Gasteiger partial charge in [-0.25, -0.2) is 9.59 Å². The summed E-state index contributed by atoms with van der Waals surface area (Å²) in [4.78, 5) is 23.1. The summed E-state index contributed by atoms with van der Waals surface area (Å²) < 4.78 is 14.8. The van der Waals surface area contributed by atoms with Crippen molar-refractivity contribution in [1.29, 1.82) is 0 Å². The van der Waals surface area contributed by atoms with Crippen molar-refractivity contribution in [3.63, 3.8) is 0 Å². The van der Waals surface area contributed by atoms with Crippen LogP contribution in [0, 0.1) is 0 Å². The third-order valence-corrected chi connectivity index (χ3v) is 3.51. The minimum Gasteiger partial charge on any atom is -0.466 e. The van der Waals surface area contributed by atoms with Gasteiger partial charge in [-0.3, -0.25) is 0 Å². The van der Waals surface area contributed by atoms with E-state index in [1.807, 2.05) is 0 Å². The lowest BCUT2D eigenvalue weighted by Crippen LogP contribution is -2.15. The van der Waals surface area contributed by atoms with Crippen molar-refractivity contribution in [3.8, 4) is 11.5 Å². The quantitative estimate of drug-likeness (QED) is 0.575. The van der Waals surface area contributed by atoms with Crippen molar-refractivity contribution >= 4 is 40.8 Å². The standard InChI is InChI=1S/C18H15Cl2NO5/c1-24-17(22)10-16(18(23)25-2)21-13-3-5-14(6-4-13)26-15-8-11(19)7-12(20)9-15/h3-10,21H,1-2H3/b16-10+. The van der Waals surface area contributed by atoms with Crippen LogP contribution in [0.4, 0.5) is 5.69 Å². The fourth-order valence-corrected chi connectivity index (χ4v) is 2.42. The van der Waals surface area contributed by atoms with Crippen molar-refractivity contribution in [3.05, 3.63) is 64.3 Å². The van der Waals surface area contributed by atoms with Gasteiger partial charge in [-0.2, -0.15) is 0 Å². The number of hydrogen-bond acceptors (Lipinski definition) is 6. The van der Waals surface area contributed by atoms with Gasteiger partial charge in [-0.05, 0) is 42.5 Å². The van der Waals surface area contributed by atoms with Gasteiger partial charge >= 0.3 is 11.9 Å². The van der Waals surface area contributed by atoms with Crippen molar-refractivity contribution < 1.29 is 23.8 Å². The maximum absolute atomic E-state index is 11.7. The number of ether oxygens (including phenoxy) is 3. The molecule has 0 unspecified atom stereocenters. The topological polar surface area (TPSA) is 73.9 Å². The molecule has 0 aliphatic carbocycles. The molecule has 0 aliphatic heterocycles. The number of rotatable bonds is 6. The van der Waals surface area contributed by atoms with E-state index in [0.29, 0.717) is 27.2 Å². The summed E-state index contributed by atoms with van der Waals surface area (Å²) in [5.74, 6) is -0.366. The Morgan fingerprint density at radius 3 is 2.08 bits per heavy atom. The number of benzene rings is 2. The first-order valence-electron chi connectivity index (χ1n) is 7.30. The number of halogens is 2. The third-order valence-electron chi connectivity index (χ3n) is 3.07. The Labute approximate surface area is 160 Å². The largest absolute Gasteiger partial charge is 0.466 e. The number of hydrogen-bond donors (Lipinski definition) is 1. The fraction of sp³-hybridized carbons (Fsp3) is 0.111. The molecular weight excluding hydrogens is 381 g/mol. The Morgan fingerprint density at radius 2 is 1.54 bits per heavy atom. The molecule has 136 valence electrons. The molecule has 0 atom stereocenters. The molecule has 6 nitrogen and oxygen atoms in total. The van der Waals surface area contributed by atoms with Crippen LogP contribution < -0.4 is 10.1 Å². The Balaban J connectivity index is 2.13. The van der Waals surface area contributed by atoms with E-state index in [1.165, 1.54) is 14.2 Å². The maximum Gasteiger partial charge on any atom is 0.354 e. The average Bonchev–Trinajstić information content (AvgIpc) is 2.61. The van der Waals surface area contributed by atoms with Gasteiger partial charge in [0, 0.05) is 15.7 Å². The number of methoxy groups -OCH3 is 2. The number of carbonyl (C=O) groups is 2. The van der Waals surface area contributed by atoms with Crippen molar-refractivity contribution in [2.45, 2.75) is 0 Å². The van der Waals surface area contributed by atoms with E-state index in [4.69, 9.17) is 27.9 Å². The van der Waals surface area contributed by atoms with Gasteiger partial charge in [0.25, 0.3) is 0 Å². The van der Waals surface area contributed by atoms with Crippen LogP contribution in [0.5, 0.6) is 11.5 Å². The molecule has 8 heteroatoms. The van der Waals surface area contributed by atoms with Crippen LogP contribution in [0.1, 0.15) is 0 Å². The lowest BCUT2D eigenvalue weighted by Gasteiger charge is -2.11. The summed E-state index contributed by atoms with van der Waals surface area (Å²) in [6.07, 6.45) is 1.00. The van der Waals surface area contributed by atoms with E-state index >= 15 is 0 Å². The van der Waals surface area contributed by atoms with E-state index in [1.54, 1.807) is 42.5 Å². The lowest BCUT2D eigenvalue weighted by molar-refractivity contribution is -0.138. The molecule has 0 heterocycles. The summed E-state index contributed by atoms with van der Waals surface area (Å²) >= 11 is 11.9. The fourth-order valence-electron chi connectivity index (χ4n) is 1.92. The molecule has 26 heavy (non-hydrogen) atoms. The molecule has 0 saturated heterocycles. The van der Waals surface area contributed by atoms with Gasteiger partial charge < -0.3 is 19.5 Å². The first-order valence-corrected chi connectivity index (χ1v) is 8.06. The zero-order valence-electron chi connectivity index (χ0n) is 13.9. The molecule has 2 aromatic rings. The molecule has 0 aromatic heterocycles. The molecular formula is C18H15Cl2NO5. The van der Waals surface area contributed by atoms with Crippen LogP contribution in [-0.2, 0) is 19.1 Å². The molecule has 0 aliphatic rings. The molecule has 0 saturated carbocycles. The molecule has 0 fully saturated rings. The summed E-state index contributed by atoms with van der Waals surface area (Å²) in [5, 5.41) is 3.71. The van der Waals surface area contributed by atoms with Gasteiger partial charge in [-0.15, -0.1) is 0 Å². The first-order chi connectivity index (χ1) is 12.4. The van der Waals surface area contributed by atoms with Gasteiger partial charge in [-0.1, -0.05) is 23.2 Å². The van der Waals surface area contributed by atoms with E-state index in [-0.39, 0.29) is 5.70 Å². The Kier molecular flexibility index (Phi) is 6.89.